The van der Waals surface area contributed by atoms with E-state index in [-0.39, 0.29) is 14.0 Å². The molecule has 22 heavy (non-hydrogen) atoms. The standard InChI is InChI=1S/C14H15Cl2N3OS.CH4/c15-11-4-2-1-3-10(11)7-14(20,13(16)5-6-13)8-19-12(21)17-9-18-19;/h1-4,9,20H,5-8H2,(H,17,18,21);1H4. The summed E-state index contributed by atoms with van der Waals surface area (Å²) in [4.78, 5) is 3.34. The third kappa shape index (κ3) is 3.23. The number of H-pyrrole nitrogens is 1. The molecule has 0 bridgehead atoms. The zero-order chi connectivity index (χ0) is 15.1. The van der Waals surface area contributed by atoms with Crippen LogP contribution in [0, 0.1) is 4.77 Å². The van der Waals surface area contributed by atoms with Crippen molar-refractivity contribution in [1.29, 1.82) is 0 Å². The van der Waals surface area contributed by atoms with E-state index in [0.29, 0.717) is 16.2 Å². The molecular formula is C15H19Cl2N3OS. The number of aromatic nitrogens is 3. The van der Waals surface area contributed by atoms with Crippen molar-refractivity contribution in [3.8, 4) is 0 Å². The molecule has 0 aliphatic heterocycles. The second-order valence-corrected chi connectivity index (χ2v) is 7.02. The summed E-state index contributed by atoms with van der Waals surface area (Å²) in [7, 11) is 0. The van der Waals surface area contributed by atoms with Crippen molar-refractivity contribution < 1.29 is 5.11 Å². The maximum Gasteiger partial charge on any atom is 0.215 e. The number of aromatic amines is 1. The van der Waals surface area contributed by atoms with Gasteiger partial charge in [0.1, 0.15) is 11.9 Å². The van der Waals surface area contributed by atoms with Gasteiger partial charge in [0, 0.05) is 11.4 Å². The molecule has 0 radical (unpaired) electrons. The second kappa shape index (κ2) is 6.32. The highest BCUT2D eigenvalue weighted by atomic mass is 35.5. The Morgan fingerprint density at radius 1 is 1.41 bits per heavy atom. The van der Waals surface area contributed by atoms with Crippen LogP contribution in [0.5, 0.6) is 0 Å². The smallest absolute Gasteiger partial charge is 0.215 e. The first kappa shape index (κ1) is 17.5. The molecule has 2 N–H and O–H groups in total. The van der Waals surface area contributed by atoms with Crippen LogP contribution in [0.3, 0.4) is 0 Å². The first-order valence-electron chi connectivity index (χ1n) is 6.68. The Bertz CT molecular complexity index is 711. The van der Waals surface area contributed by atoms with Crippen molar-refractivity contribution in [2.24, 2.45) is 0 Å². The third-order valence-electron chi connectivity index (χ3n) is 4.00. The molecule has 1 saturated carbocycles. The van der Waals surface area contributed by atoms with Gasteiger partial charge in [-0.15, -0.1) is 11.6 Å². The van der Waals surface area contributed by atoms with Crippen LogP contribution in [0.4, 0.5) is 0 Å². The number of rotatable bonds is 5. The number of aliphatic hydroxyl groups is 1. The lowest BCUT2D eigenvalue weighted by molar-refractivity contribution is 0.00728. The molecule has 1 fully saturated rings. The van der Waals surface area contributed by atoms with Gasteiger partial charge in [0.15, 0.2) is 0 Å². The van der Waals surface area contributed by atoms with Gasteiger partial charge in [-0.1, -0.05) is 37.2 Å². The third-order valence-corrected chi connectivity index (χ3v) is 5.43. The highest BCUT2D eigenvalue weighted by molar-refractivity contribution is 7.71. The topological polar surface area (TPSA) is 53.8 Å². The molecule has 0 spiro atoms. The van der Waals surface area contributed by atoms with Gasteiger partial charge >= 0.3 is 0 Å². The molecule has 1 aromatic heterocycles. The van der Waals surface area contributed by atoms with Crippen LogP contribution in [0.15, 0.2) is 30.6 Å². The minimum atomic E-state index is -1.13. The summed E-state index contributed by atoms with van der Waals surface area (Å²) in [6, 6.07) is 7.48. The Balaban J connectivity index is 0.00000176. The highest BCUT2D eigenvalue weighted by Crippen LogP contribution is 2.53. The Labute approximate surface area is 145 Å². The lowest BCUT2D eigenvalue weighted by Crippen LogP contribution is -2.47. The Kier molecular flexibility index (Phi) is 5.02. The van der Waals surface area contributed by atoms with Crippen molar-refractivity contribution in [2.75, 3.05) is 0 Å². The van der Waals surface area contributed by atoms with E-state index in [1.54, 1.807) is 4.68 Å². The van der Waals surface area contributed by atoms with Gasteiger partial charge in [-0.3, -0.25) is 9.78 Å². The number of nitrogens with one attached hydrogen (secondary N) is 1. The Hall–Kier alpha value is -0.880. The van der Waals surface area contributed by atoms with Crippen molar-refractivity contribution >= 4 is 35.4 Å². The summed E-state index contributed by atoms with van der Waals surface area (Å²) in [6.45, 7) is 0.264. The van der Waals surface area contributed by atoms with Crippen molar-refractivity contribution in [3.63, 3.8) is 0 Å². The zero-order valence-corrected chi connectivity index (χ0v) is 13.5. The van der Waals surface area contributed by atoms with E-state index in [1.165, 1.54) is 6.33 Å². The van der Waals surface area contributed by atoms with Crippen LogP contribution >= 0.6 is 35.4 Å². The van der Waals surface area contributed by atoms with E-state index in [0.717, 1.165) is 18.4 Å². The molecule has 1 atom stereocenters. The lowest BCUT2D eigenvalue weighted by Gasteiger charge is -2.33. The number of benzene rings is 1. The first-order chi connectivity index (χ1) is 9.94. The molecule has 1 aromatic carbocycles. The van der Waals surface area contributed by atoms with Crippen molar-refractivity contribution in [2.45, 2.75) is 43.7 Å². The maximum absolute atomic E-state index is 11.2. The van der Waals surface area contributed by atoms with Gasteiger partial charge < -0.3 is 5.11 Å². The zero-order valence-electron chi connectivity index (χ0n) is 11.2. The molecule has 1 unspecified atom stereocenters. The van der Waals surface area contributed by atoms with Crippen LogP contribution < -0.4 is 0 Å². The predicted molar refractivity (Wildman–Crippen MR) is 92.1 cm³/mol. The molecule has 120 valence electrons. The second-order valence-electron chi connectivity index (χ2n) is 5.52. The van der Waals surface area contributed by atoms with E-state index in [9.17, 15) is 5.11 Å². The molecule has 1 aliphatic carbocycles. The lowest BCUT2D eigenvalue weighted by atomic mass is 9.89. The average Bonchev–Trinajstić information content (AvgIpc) is 3.09. The number of halogens is 2. The average molecular weight is 360 g/mol. The van der Waals surface area contributed by atoms with E-state index in [4.69, 9.17) is 35.4 Å². The monoisotopic (exact) mass is 359 g/mol. The first-order valence-corrected chi connectivity index (χ1v) is 7.85. The number of nitrogens with zero attached hydrogens (tertiary/aromatic N) is 2. The van der Waals surface area contributed by atoms with Crippen LogP contribution in [-0.2, 0) is 13.0 Å². The highest BCUT2D eigenvalue weighted by Gasteiger charge is 2.58. The maximum atomic E-state index is 11.2. The fraction of sp³-hybridized carbons (Fsp3) is 0.467. The SMILES string of the molecule is C.OC(Cc1ccccc1Cl)(Cn1[nH]cnc1=S)C1(Cl)CC1. The molecule has 1 heterocycles. The number of hydrogen-bond acceptors (Lipinski definition) is 3. The van der Waals surface area contributed by atoms with E-state index in [2.05, 4.69) is 10.1 Å². The molecule has 0 saturated heterocycles. The summed E-state index contributed by atoms with van der Waals surface area (Å²) >= 11 is 17.9. The number of alkyl halides is 1. The molecule has 3 rings (SSSR count). The fourth-order valence-corrected chi connectivity index (χ4v) is 3.14. The van der Waals surface area contributed by atoms with Gasteiger partial charge in [-0.2, -0.15) is 0 Å². The minimum Gasteiger partial charge on any atom is -0.386 e. The summed E-state index contributed by atoms with van der Waals surface area (Å²) in [6.07, 6.45) is 3.43. The fourth-order valence-electron chi connectivity index (χ4n) is 2.54. The minimum absolute atomic E-state index is 0. The molecule has 4 nitrogen and oxygen atoms in total. The Morgan fingerprint density at radius 3 is 2.64 bits per heavy atom. The summed E-state index contributed by atoms with van der Waals surface area (Å²) < 4.78 is 2.03. The normalized spacial score (nSPS) is 18.3. The molecular weight excluding hydrogens is 341 g/mol. The summed E-state index contributed by atoms with van der Waals surface area (Å²) in [5.41, 5.74) is -0.260. The van der Waals surface area contributed by atoms with E-state index < -0.39 is 10.5 Å². The Morgan fingerprint density at radius 2 is 2.09 bits per heavy atom. The largest absolute Gasteiger partial charge is 0.386 e. The van der Waals surface area contributed by atoms with Gasteiger partial charge in [0.2, 0.25) is 4.77 Å². The van der Waals surface area contributed by atoms with Crippen LogP contribution in [0.2, 0.25) is 5.02 Å². The molecule has 2 aromatic rings. The molecule has 0 amide bonds. The van der Waals surface area contributed by atoms with Crippen molar-refractivity contribution in [1.82, 2.24) is 14.8 Å². The van der Waals surface area contributed by atoms with Gasteiger partial charge in [-0.25, -0.2) is 4.98 Å². The van der Waals surface area contributed by atoms with Crippen molar-refractivity contribution in [3.05, 3.63) is 45.9 Å². The molecule has 7 heteroatoms. The van der Waals surface area contributed by atoms with E-state index >= 15 is 0 Å². The summed E-state index contributed by atoms with van der Waals surface area (Å²) in [5, 5.41) is 14.7. The predicted octanol–water partition coefficient (Wildman–Crippen LogP) is 3.98. The molecule has 1 aliphatic rings. The number of hydrogen-bond donors (Lipinski definition) is 2. The van der Waals surface area contributed by atoms with Gasteiger partial charge in [-0.05, 0) is 36.7 Å². The van der Waals surface area contributed by atoms with Crippen LogP contribution in [-0.4, -0.2) is 30.3 Å². The van der Waals surface area contributed by atoms with Crippen LogP contribution in [0.25, 0.3) is 0 Å². The van der Waals surface area contributed by atoms with Gasteiger partial charge in [0.05, 0.1) is 11.4 Å². The quantitative estimate of drug-likeness (QED) is 0.627. The van der Waals surface area contributed by atoms with Gasteiger partial charge in [0.25, 0.3) is 0 Å². The van der Waals surface area contributed by atoms with Crippen LogP contribution in [0.1, 0.15) is 25.8 Å². The van der Waals surface area contributed by atoms with E-state index in [1.807, 2.05) is 24.3 Å². The summed E-state index contributed by atoms with van der Waals surface area (Å²) in [5.74, 6) is 0.